The zero-order valence-corrected chi connectivity index (χ0v) is 20.9. The zero-order chi connectivity index (χ0) is 19.0. The van der Waals surface area contributed by atoms with E-state index in [9.17, 15) is 0 Å². The molecule has 0 N–H and O–H groups in total. The van der Waals surface area contributed by atoms with Crippen LogP contribution in [0.15, 0.2) is 0 Å². The topological polar surface area (TPSA) is 18.5 Å². The van der Waals surface area contributed by atoms with Crippen LogP contribution in [0.2, 0.25) is 24.2 Å². The smallest absolute Gasteiger partial charge is 0.201 e. The highest BCUT2D eigenvalue weighted by molar-refractivity contribution is 8.02. The van der Waals surface area contributed by atoms with Gasteiger partial charge in [0.25, 0.3) is 0 Å². The van der Waals surface area contributed by atoms with E-state index in [1.807, 2.05) is 14.2 Å². The van der Waals surface area contributed by atoms with Gasteiger partial charge in [-0.3, -0.25) is 0 Å². The molecule has 0 atom stereocenters. The van der Waals surface area contributed by atoms with Crippen LogP contribution in [0.4, 0.5) is 0 Å². The molecule has 5 heteroatoms. The molecule has 25 heavy (non-hydrogen) atoms. The van der Waals surface area contributed by atoms with Crippen LogP contribution in [0.25, 0.3) is 0 Å². The second-order valence-corrected chi connectivity index (χ2v) is 17.9. The molecule has 0 radical (unpaired) electrons. The third kappa shape index (κ3) is 10.6. The first-order valence-electron chi connectivity index (χ1n) is 10.8. The Labute approximate surface area is 165 Å². The lowest BCUT2D eigenvalue weighted by atomic mass is 10.4. The number of hydrogen-bond donors (Lipinski definition) is 0. The lowest BCUT2D eigenvalue weighted by Gasteiger charge is -2.33. The lowest BCUT2D eigenvalue weighted by Crippen LogP contribution is -2.44. The summed E-state index contributed by atoms with van der Waals surface area (Å²) < 4.78 is 12.5. The molecule has 0 unspecified atom stereocenters. The van der Waals surface area contributed by atoms with E-state index in [4.69, 9.17) is 8.85 Å². The van der Waals surface area contributed by atoms with E-state index in [1.165, 1.54) is 86.3 Å². The minimum Gasteiger partial charge on any atom is -0.419 e. The molecule has 0 aliphatic heterocycles. The lowest BCUT2D eigenvalue weighted by molar-refractivity contribution is 0.390. The van der Waals surface area contributed by atoms with Crippen LogP contribution in [-0.4, -0.2) is 41.6 Å². The molecule has 0 aliphatic carbocycles. The predicted molar refractivity (Wildman–Crippen MR) is 122 cm³/mol. The van der Waals surface area contributed by atoms with Crippen LogP contribution in [0.5, 0.6) is 0 Å². The quantitative estimate of drug-likeness (QED) is 0.224. The van der Waals surface area contributed by atoms with Crippen molar-refractivity contribution in [1.29, 1.82) is 0 Å². The average molecular weight is 407 g/mol. The first-order valence-corrected chi connectivity index (χ1v) is 17.0. The molecule has 0 bridgehead atoms. The van der Waals surface area contributed by atoms with Gasteiger partial charge in [0, 0.05) is 25.0 Å². The van der Waals surface area contributed by atoms with E-state index in [0.717, 1.165) is 0 Å². The van der Waals surface area contributed by atoms with Crippen molar-refractivity contribution in [1.82, 2.24) is 0 Å². The van der Waals surface area contributed by atoms with Crippen molar-refractivity contribution >= 4 is 28.4 Å². The van der Waals surface area contributed by atoms with Crippen LogP contribution in [-0.2, 0) is 8.85 Å². The number of thioether (sulfide) groups is 1. The second kappa shape index (κ2) is 15.7. The van der Waals surface area contributed by atoms with Crippen molar-refractivity contribution in [3.63, 3.8) is 0 Å². The molecule has 2 nitrogen and oxygen atoms in total. The highest BCUT2D eigenvalue weighted by atomic mass is 32.2. The molecule has 0 aliphatic rings. The van der Waals surface area contributed by atoms with Gasteiger partial charge in [0.15, 0.2) is 0 Å². The Morgan fingerprint density at radius 2 is 0.840 bits per heavy atom. The summed E-state index contributed by atoms with van der Waals surface area (Å²) >= 11 is 2.19. The van der Waals surface area contributed by atoms with Crippen molar-refractivity contribution in [2.75, 3.05) is 25.0 Å². The highest BCUT2D eigenvalue weighted by Crippen LogP contribution is 2.31. The maximum absolute atomic E-state index is 6.25. The van der Waals surface area contributed by atoms with E-state index < -0.39 is 16.6 Å². The largest absolute Gasteiger partial charge is 0.419 e. The fourth-order valence-corrected chi connectivity index (χ4v) is 16.3. The van der Waals surface area contributed by atoms with Crippen molar-refractivity contribution in [3.8, 4) is 0 Å². The maximum Gasteiger partial charge on any atom is 0.201 e. The van der Waals surface area contributed by atoms with Crippen LogP contribution < -0.4 is 0 Å². The van der Waals surface area contributed by atoms with Gasteiger partial charge >= 0.3 is 0 Å². The van der Waals surface area contributed by atoms with Gasteiger partial charge < -0.3 is 8.85 Å². The third-order valence-electron chi connectivity index (χ3n) is 5.54. The Bertz CT molecular complexity index is 259. The summed E-state index contributed by atoms with van der Waals surface area (Å²) in [4.78, 5) is 0. The molecular weight excluding hydrogens is 360 g/mol. The van der Waals surface area contributed by atoms with Crippen LogP contribution >= 0.6 is 11.8 Å². The van der Waals surface area contributed by atoms with Crippen LogP contribution in [0, 0.1) is 0 Å². The molecule has 0 aromatic rings. The van der Waals surface area contributed by atoms with E-state index in [0.29, 0.717) is 0 Å². The molecule has 0 fully saturated rings. The minimum atomic E-state index is -1.56. The van der Waals surface area contributed by atoms with Crippen molar-refractivity contribution in [2.45, 2.75) is 103 Å². The van der Waals surface area contributed by atoms with Gasteiger partial charge in [-0.15, -0.1) is 0 Å². The Kier molecular flexibility index (Phi) is 16.2. The van der Waals surface area contributed by atoms with Gasteiger partial charge in [-0.1, -0.05) is 79.1 Å². The SMILES string of the molecule is CCCC[Si](CCCC)(CSC[Si](CCCC)(CCCC)OC)OC. The molecule has 0 saturated heterocycles. The van der Waals surface area contributed by atoms with Gasteiger partial charge in [0.05, 0.1) is 0 Å². The third-order valence-corrected chi connectivity index (χ3v) is 18.2. The van der Waals surface area contributed by atoms with E-state index in [1.54, 1.807) is 0 Å². The Hall–Kier alpha value is 0.704. The molecule has 0 aromatic heterocycles. The first-order chi connectivity index (χ1) is 12.1. The summed E-state index contributed by atoms with van der Waals surface area (Å²) in [5.74, 6) is 0. The fourth-order valence-electron chi connectivity index (χ4n) is 3.48. The summed E-state index contributed by atoms with van der Waals surface area (Å²) in [7, 11) is 0.873. The van der Waals surface area contributed by atoms with E-state index in [2.05, 4.69) is 39.5 Å². The zero-order valence-electron chi connectivity index (χ0n) is 18.1. The maximum atomic E-state index is 6.25. The molecule has 0 saturated carbocycles. The molecule has 0 aromatic carbocycles. The average Bonchev–Trinajstić information content (AvgIpc) is 2.65. The van der Waals surface area contributed by atoms with Crippen LogP contribution in [0.3, 0.4) is 0 Å². The fraction of sp³-hybridized carbons (Fsp3) is 1.00. The van der Waals surface area contributed by atoms with Gasteiger partial charge in [0.2, 0.25) is 16.6 Å². The summed E-state index contributed by atoms with van der Waals surface area (Å²) in [5, 5.41) is 2.56. The van der Waals surface area contributed by atoms with E-state index in [-0.39, 0.29) is 0 Å². The van der Waals surface area contributed by atoms with Gasteiger partial charge in [-0.2, -0.15) is 11.8 Å². The summed E-state index contributed by atoms with van der Waals surface area (Å²) in [6.07, 6.45) is 10.5. The highest BCUT2D eigenvalue weighted by Gasteiger charge is 2.36. The van der Waals surface area contributed by atoms with Gasteiger partial charge in [-0.05, 0) is 24.2 Å². The summed E-state index contributed by atoms with van der Waals surface area (Å²) in [6, 6.07) is 5.38. The van der Waals surface area contributed by atoms with E-state index >= 15 is 0 Å². The number of unbranched alkanes of at least 4 members (excludes halogenated alkanes) is 4. The monoisotopic (exact) mass is 406 g/mol. The molecule has 0 spiro atoms. The van der Waals surface area contributed by atoms with Gasteiger partial charge in [0.1, 0.15) is 0 Å². The number of rotatable bonds is 18. The molecule has 0 heterocycles. The minimum absolute atomic E-state index is 1.28. The van der Waals surface area contributed by atoms with Gasteiger partial charge in [-0.25, -0.2) is 0 Å². The Morgan fingerprint density at radius 1 is 0.560 bits per heavy atom. The standard InChI is InChI=1S/C20H46O2SSi2/c1-7-11-15-24(21-5,16-12-8-2)19-23-20-25(22-6,17-13-9-3)18-14-10-4/h7-20H2,1-6H3. The first kappa shape index (κ1) is 25.7. The summed E-state index contributed by atoms with van der Waals surface area (Å²) in [5.41, 5.74) is 0. The van der Waals surface area contributed by atoms with Crippen molar-refractivity contribution in [3.05, 3.63) is 0 Å². The van der Waals surface area contributed by atoms with Crippen molar-refractivity contribution in [2.24, 2.45) is 0 Å². The molecule has 0 rings (SSSR count). The van der Waals surface area contributed by atoms with Crippen molar-refractivity contribution < 1.29 is 8.85 Å². The second-order valence-electron chi connectivity index (χ2n) is 7.68. The molecule has 0 amide bonds. The Balaban J connectivity index is 4.82. The number of hydrogen-bond acceptors (Lipinski definition) is 3. The van der Waals surface area contributed by atoms with Crippen LogP contribution in [0.1, 0.15) is 79.1 Å². The summed E-state index contributed by atoms with van der Waals surface area (Å²) in [6.45, 7) is 9.22. The normalized spacial score (nSPS) is 12.7. The molecular formula is C20H46O2SSi2. The molecule has 152 valence electrons. The predicted octanol–water partition coefficient (Wildman–Crippen LogP) is 7.18. The Morgan fingerprint density at radius 3 is 1.04 bits per heavy atom.